The van der Waals surface area contributed by atoms with Crippen molar-refractivity contribution in [3.63, 3.8) is 0 Å². The number of urea groups is 1. The first kappa shape index (κ1) is 23.2. The van der Waals surface area contributed by atoms with Crippen LogP contribution in [0.4, 0.5) is 4.79 Å². The fourth-order valence-corrected chi connectivity index (χ4v) is 3.51. The fourth-order valence-electron chi connectivity index (χ4n) is 3.51. The van der Waals surface area contributed by atoms with E-state index >= 15 is 0 Å². The second-order valence-electron chi connectivity index (χ2n) is 8.10. The number of rotatable bonds is 9. The first-order valence-electron chi connectivity index (χ1n) is 10.7. The molecule has 1 heterocycles. The number of amides is 3. The van der Waals surface area contributed by atoms with Crippen LogP contribution in [0.15, 0.2) is 30.3 Å². The molecule has 0 aromatic heterocycles. The number of benzene rings is 1. The monoisotopic (exact) mass is 403 g/mol. The van der Waals surface area contributed by atoms with E-state index in [0.29, 0.717) is 13.1 Å². The van der Waals surface area contributed by atoms with Crippen LogP contribution >= 0.6 is 0 Å². The molecule has 1 aromatic rings. The molecule has 3 N–H and O–H groups in total. The van der Waals surface area contributed by atoms with Gasteiger partial charge in [0, 0.05) is 45.3 Å². The summed E-state index contributed by atoms with van der Waals surface area (Å²) in [6.07, 6.45) is 0. The Morgan fingerprint density at radius 3 is 2.24 bits per heavy atom. The highest BCUT2D eigenvalue weighted by atomic mass is 16.2. The Labute approximate surface area is 175 Å². The van der Waals surface area contributed by atoms with Crippen LogP contribution in [0.1, 0.15) is 33.3 Å². The Morgan fingerprint density at radius 2 is 1.66 bits per heavy atom. The zero-order valence-corrected chi connectivity index (χ0v) is 18.3. The first-order chi connectivity index (χ1) is 13.9. The minimum absolute atomic E-state index is 0.000815. The third-order valence-electron chi connectivity index (χ3n) is 5.58. The number of nitrogens with one attached hydrogen (secondary N) is 3. The van der Waals surface area contributed by atoms with Crippen LogP contribution in [0.25, 0.3) is 0 Å². The number of piperazine rings is 1. The molecule has 7 heteroatoms. The third-order valence-corrected chi connectivity index (χ3v) is 5.58. The Balaban J connectivity index is 1.77. The molecule has 1 fully saturated rings. The van der Waals surface area contributed by atoms with E-state index in [1.54, 1.807) is 0 Å². The van der Waals surface area contributed by atoms with Gasteiger partial charge in [-0.05, 0) is 24.9 Å². The molecule has 7 nitrogen and oxygen atoms in total. The molecule has 1 saturated heterocycles. The van der Waals surface area contributed by atoms with Gasteiger partial charge in [-0.1, -0.05) is 51.1 Å². The van der Waals surface area contributed by atoms with Crippen molar-refractivity contribution in [1.82, 2.24) is 25.8 Å². The van der Waals surface area contributed by atoms with E-state index in [9.17, 15) is 9.59 Å². The Hall–Kier alpha value is -2.12. The summed E-state index contributed by atoms with van der Waals surface area (Å²) in [6.45, 7) is 14.5. The van der Waals surface area contributed by atoms with Gasteiger partial charge in [-0.3, -0.25) is 9.69 Å². The Kier molecular flexibility index (Phi) is 9.41. The topological polar surface area (TPSA) is 76.7 Å². The predicted molar refractivity (Wildman–Crippen MR) is 117 cm³/mol. The van der Waals surface area contributed by atoms with E-state index in [-0.39, 0.29) is 23.9 Å². The van der Waals surface area contributed by atoms with Gasteiger partial charge in [-0.25, -0.2) is 4.79 Å². The summed E-state index contributed by atoms with van der Waals surface area (Å²) in [7, 11) is 0. The van der Waals surface area contributed by atoms with Crippen molar-refractivity contribution < 1.29 is 9.59 Å². The molecule has 162 valence electrons. The standard InChI is InChI=1S/C22H37N5O2/c1-5-26-11-13-27(14-12-26)18(4)15-23-21(28)20(17(2)3)25-22(29)24-16-19-9-7-6-8-10-19/h6-10,17-18,20H,5,11-16H2,1-4H3,(H,23,28)(H2,24,25,29). The van der Waals surface area contributed by atoms with Crippen molar-refractivity contribution in [2.75, 3.05) is 39.3 Å². The number of carbonyl (C=O) groups is 2. The van der Waals surface area contributed by atoms with Gasteiger partial charge in [0.05, 0.1) is 0 Å². The van der Waals surface area contributed by atoms with Gasteiger partial charge in [0.15, 0.2) is 0 Å². The maximum atomic E-state index is 12.7. The van der Waals surface area contributed by atoms with Crippen LogP contribution < -0.4 is 16.0 Å². The van der Waals surface area contributed by atoms with E-state index in [2.05, 4.69) is 39.6 Å². The normalized spacial score (nSPS) is 17.6. The summed E-state index contributed by atoms with van der Waals surface area (Å²) in [5.74, 6) is -0.130. The minimum atomic E-state index is -0.560. The molecular weight excluding hydrogens is 366 g/mol. The Morgan fingerprint density at radius 1 is 1.00 bits per heavy atom. The lowest BCUT2D eigenvalue weighted by Crippen LogP contribution is -2.55. The largest absolute Gasteiger partial charge is 0.353 e. The molecule has 0 radical (unpaired) electrons. The molecule has 0 spiro atoms. The van der Waals surface area contributed by atoms with Gasteiger partial charge in [-0.2, -0.15) is 0 Å². The van der Waals surface area contributed by atoms with E-state index < -0.39 is 6.04 Å². The van der Waals surface area contributed by atoms with E-state index in [4.69, 9.17) is 0 Å². The lowest BCUT2D eigenvalue weighted by Gasteiger charge is -2.37. The maximum Gasteiger partial charge on any atom is 0.315 e. The SMILES string of the molecule is CCN1CCN(C(C)CNC(=O)C(NC(=O)NCc2ccccc2)C(C)C)CC1. The molecule has 2 rings (SSSR count). The summed E-state index contributed by atoms with van der Waals surface area (Å²) in [5.41, 5.74) is 1.02. The van der Waals surface area contributed by atoms with E-state index in [0.717, 1.165) is 38.3 Å². The molecule has 2 atom stereocenters. The van der Waals surface area contributed by atoms with Crippen molar-refractivity contribution in [1.29, 1.82) is 0 Å². The summed E-state index contributed by atoms with van der Waals surface area (Å²) in [4.78, 5) is 29.8. The zero-order chi connectivity index (χ0) is 21.2. The van der Waals surface area contributed by atoms with Crippen molar-refractivity contribution in [2.24, 2.45) is 5.92 Å². The highest BCUT2D eigenvalue weighted by molar-refractivity contribution is 5.87. The highest BCUT2D eigenvalue weighted by Gasteiger charge is 2.26. The van der Waals surface area contributed by atoms with Gasteiger partial charge in [-0.15, -0.1) is 0 Å². The first-order valence-corrected chi connectivity index (χ1v) is 10.7. The molecule has 1 aliphatic heterocycles. The van der Waals surface area contributed by atoms with Gasteiger partial charge in [0.2, 0.25) is 5.91 Å². The van der Waals surface area contributed by atoms with E-state index in [1.165, 1.54) is 0 Å². The van der Waals surface area contributed by atoms with Crippen LogP contribution in [0, 0.1) is 5.92 Å². The lowest BCUT2D eigenvalue weighted by molar-refractivity contribution is -0.124. The molecular formula is C22H37N5O2. The number of hydrogen-bond acceptors (Lipinski definition) is 4. The molecule has 29 heavy (non-hydrogen) atoms. The molecule has 0 bridgehead atoms. The van der Waals surface area contributed by atoms with Gasteiger partial charge < -0.3 is 20.9 Å². The summed E-state index contributed by atoms with van der Waals surface area (Å²) in [5, 5.41) is 8.67. The summed E-state index contributed by atoms with van der Waals surface area (Å²) in [6, 6.07) is 9.10. The van der Waals surface area contributed by atoms with Crippen molar-refractivity contribution in [3.05, 3.63) is 35.9 Å². The highest BCUT2D eigenvalue weighted by Crippen LogP contribution is 2.07. The fraction of sp³-hybridized carbons (Fsp3) is 0.636. The number of nitrogens with zero attached hydrogens (tertiary/aromatic N) is 2. The number of hydrogen-bond donors (Lipinski definition) is 3. The van der Waals surface area contributed by atoms with E-state index in [1.807, 2.05) is 44.2 Å². The van der Waals surface area contributed by atoms with Gasteiger partial charge in [0.25, 0.3) is 0 Å². The van der Waals surface area contributed by atoms with Crippen LogP contribution in [0.2, 0.25) is 0 Å². The zero-order valence-electron chi connectivity index (χ0n) is 18.3. The van der Waals surface area contributed by atoms with Crippen molar-refractivity contribution in [2.45, 2.75) is 46.3 Å². The summed E-state index contributed by atoms with van der Waals surface area (Å²) >= 11 is 0. The summed E-state index contributed by atoms with van der Waals surface area (Å²) < 4.78 is 0. The van der Waals surface area contributed by atoms with Crippen molar-refractivity contribution >= 4 is 11.9 Å². The number of likely N-dealkylation sites (N-methyl/N-ethyl adjacent to an activating group) is 1. The molecule has 1 aromatic carbocycles. The van der Waals surface area contributed by atoms with Gasteiger partial charge in [0.1, 0.15) is 6.04 Å². The molecule has 0 saturated carbocycles. The van der Waals surface area contributed by atoms with Crippen molar-refractivity contribution in [3.8, 4) is 0 Å². The average molecular weight is 404 g/mol. The minimum Gasteiger partial charge on any atom is -0.353 e. The molecule has 1 aliphatic rings. The molecule has 2 unspecified atom stereocenters. The second-order valence-corrected chi connectivity index (χ2v) is 8.10. The molecule has 0 aliphatic carbocycles. The smallest absolute Gasteiger partial charge is 0.315 e. The van der Waals surface area contributed by atoms with Crippen LogP contribution in [0.3, 0.4) is 0 Å². The Bertz CT molecular complexity index is 629. The maximum absolute atomic E-state index is 12.7. The average Bonchev–Trinajstić information content (AvgIpc) is 2.74. The lowest BCUT2D eigenvalue weighted by atomic mass is 10.0. The molecule has 3 amide bonds. The quantitative estimate of drug-likeness (QED) is 0.586. The van der Waals surface area contributed by atoms with Crippen LogP contribution in [-0.4, -0.2) is 73.1 Å². The van der Waals surface area contributed by atoms with Gasteiger partial charge >= 0.3 is 6.03 Å². The second kappa shape index (κ2) is 11.8. The van der Waals surface area contributed by atoms with Crippen LogP contribution in [-0.2, 0) is 11.3 Å². The van der Waals surface area contributed by atoms with Crippen LogP contribution in [0.5, 0.6) is 0 Å². The number of carbonyl (C=O) groups excluding carboxylic acids is 2. The predicted octanol–water partition coefficient (Wildman–Crippen LogP) is 1.65. The third kappa shape index (κ3) is 7.66.